The highest BCUT2D eigenvalue weighted by Crippen LogP contribution is 2.54. The number of para-hydroxylation sites is 1. The number of fused-ring (bicyclic) bond motifs is 10. The molecule has 0 fully saturated rings. The molecule has 0 unspecified atom stereocenters. The zero-order valence-corrected chi connectivity index (χ0v) is 42.8. The molecule has 1 radical (unpaired) electrons. The van der Waals surface area contributed by atoms with Crippen molar-refractivity contribution in [1.82, 2.24) is 0 Å². The SMILES string of the molecule is Cc1cc2c(cc1N1c3cc(-c4ccccc4)ccc3[B]c3c1cc1c(sc4ccccc41)c3-c1c(Nc3ccc4c(c3)C(C)(C)CCC4(C)C)ccc3c1oc1ccccc13)C(C)(C)CCC2(C)C. The Morgan fingerprint density at radius 3 is 1.93 bits per heavy atom. The number of nitrogens with zero attached hydrogens (tertiary/aromatic N) is 1. The molecular weight excluding hydrogens is 868 g/mol. The highest BCUT2D eigenvalue weighted by Gasteiger charge is 2.40. The van der Waals surface area contributed by atoms with Crippen LogP contribution in [0.3, 0.4) is 0 Å². The number of nitrogens with one attached hydrogen (secondary N) is 1. The number of benzene rings is 8. The van der Waals surface area contributed by atoms with Gasteiger partial charge in [-0.25, -0.2) is 0 Å². The summed E-state index contributed by atoms with van der Waals surface area (Å²) in [5, 5.41) is 8.86. The number of thiophene rings is 1. The van der Waals surface area contributed by atoms with Gasteiger partial charge >= 0.3 is 0 Å². The molecule has 70 heavy (non-hydrogen) atoms. The number of anilines is 5. The average molecular weight is 928 g/mol. The Hall–Kier alpha value is -6.56. The quantitative estimate of drug-likeness (QED) is 0.174. The van der Waals surface area contributed by atoms with Crippen LogP contribution < -0.4 is 21.1 Å². The Morgan fingerprint density at radius 2 is 1.17 bits per heavy atom. The molecule has 3 heterocycles. The number of furan rings is 1. The van der Waals surface area contributed by atoms with Gasteiger partial charge in [-0.1, -0.05) is 152 Å². The summed E-state index contributed by atoms with van der Waals surface area (Å²) in [6.45, 7) is 21.8. The molecule has 0 spiro atoms. The van der Waals surface area contributed by atoms with Crippen LogP contribution in [0.25, 0.3) is 64.4 Å². The maximum absolute atomic E-state index is 7.19. The lowest BCUT2D eigenvalue weighted by atomic mass is 9.57. The fraction of sp³-hybridized carbons (Fsp3) is 0.262. The first-order valence-corrected chi connectivity index (χ1v) is 26.2. The summed E-state index contributed by atoms with van der Waals surface area (Å²) in [5.41, 5.74) is 22.0. The molecule has 1 aliphatic heterocycles. The average Bonchev–Trinajstić information content (AvgIpc) is 3.92. The predicted molar refractivity (Wildman–Crippen MR) is 302 cm³/mol. The van der Waals surface area contributed by atoms with Gasteiger partial charge in [0, 0.05) is 64.8 Å². The second-order valence-corrected chi connectivity index (χ2v) is 24.4. The van der Waals surface area contributed by atoms with Crippen LogP contribution in [-0.2, 0) is 21.7 Å². The molecule has 2 aliphatic carbocycles. The van der Waals surface area contributed by atoms with E-state index in [1.165, 1.54) is 106 Å². The van der Waals surface area contributed by atoms with E-state index in [0.717, 1.165) is 51.7 Å². The first kappa shape index (κ1) is 43.5. The first-order valence-electron chi connectivity index (χ1n) is 25.4. The van der Waals surface area contributed by atoms with Gasteiger partial charge in [0.25, 0.3) is 0 Å². The van der Waals surface area contributed by atoms with Crippen molar-refractivity contribution in [3.63, 3.8) is 0 Å². The molecule has 3 nitrogen and oxygen atoms in total. The van der Waals surface area contributed by atoms with E-state index in [4.69, 9.17) is 4.42 Å². The van der Waals surface area contributed by atoms with E-state index < -0.39 is 0 Å². The van der Waals surface area contributed by atoms with Gasteiger partial charge in [0.15, 0.2) is 7.28 Å². The standard InChI is InChI=1S/C65H60BN2OS/c1-38-33-47-49(65(8,9)32-31-63(47,4)5)37-52(38)68-53-34-40(39-17-11-10-12-18-39)23-27-50(53)66-59-54(68)36-45-43-20-14-16-22-56(43)70-61(45)58(59)57-51(28-25-44-42-19-13-15-21-55(42)69-60(44)57)67-41-24-26-46-48(35-41)64(6,7)30-29-62(46,2)3/h10-28,33-37,67H,29-32H2,1-9H3. The van der Waals surface area contributed by atoms with E-state index in [-0.39, 0.29) is 21.7 Å². The predicted octanol–water partition coefficient (Wildman–Crippen LogP) is 17.5. The monoisotopic (exact) mass is 927 g/mol. The minimum absolute atomic E-state index is 0.0323. The third-order valence-electron chi connectivity index (χ3n) is 16.9. The van der Waals surface area contributed by atoms with Crippen molar-refractivity contribution in [1.29, 1.82) is 0 Å². The molecule has 5 heteroatoms. The summed E-state index contributed by atoms with van der Waals surface area (Å²) in [4.78, 5) is 2.62. The van der Waals surface area contributed by atoms with Gasteiger partial charge in [0.1, 0.15) is 11.2 Å². The van der Waals surface area contributed by atoms with Gasteiger partial charge in [-0.15, -0.1) is 11.3 Å². The summed E-state index contributed by atoms with van der Waals surface area (Å²) < 4.78 is 9.72. The second kappa shape index (κ2) is 15.2. The van der Waals surface area contributed by atoms with Crippen molar-refractivity contribution in [2.24, 2.45) is 0 Å². The van der Waals surface area contributed by atoms with Crippen molar-refractivity contribution in [3.05, 3.63) is 173 Å². The Morgan fingerprint density at radius 1 is 0.514 bits per heavy atom. The molecule has 345 valence electrons. The third kappa shape index (κ3) is 6.60. The zero-order valence-electron chi connectivity index (χ0n) is 42.0. The molecular formula is C65H60BN2OS. The molecule has 0 bridgehead atoms. The van der Waals surface area contributed by atoms with E-state index in [1.807, 2.05) is 11.3 Å². The van der Waals surface area contributed by atoms with Crippen molar-refractivity contribution < 1.29 is 4.42 Å². The molecule has 13 rings (SSSR count). The Balaban J connectivity index is 1.13. The van der Waals surface area contributed by atoms with Crippen LogP contribution >= 0.6 is 11.3 Å². The number of rotatable bonds is 5. The second-order valence-electron chi connectivity index (χ2n) is 23.3. The number of hydrogen-bond donors (Lipinski definition) is 1. The van der Waals surface area contributed by atoms with Gasteiger partial charge in [-0.3, -0.25) is 0 Å². The molecule has 8 aromatic carbocycles. The van der Waals surface area contributed by atoms with Crippen LogP contribution in [0, 0.1) is 6.92 Å². The molecule has 0 saturated carbocycles. The van der Waals surface area contributed by atoms with Crippen LogP contribution in [0.5, 0.6) is 0 Å². The van der Waals surface area contributed by atoms with Gasteiger partial charge in [-0.05, 0) is 153 Å². The minimum Gasteiger partial charge on any atom is -0.455 e. The molecule has 0 amide bonds. The summed E-state index contributed by atoms with van der Waals surface area (Å²) in [7, 11) is 2.48. The third-order valence-corrected chi connectivity index (χ3v) is 18.1. The van der Waals surface area contributed by atoms with E-state index in [9.17, 15) is 0 Å². The Bertz CT molecular complexity index is 3810. The van der Waals surface area contributed by atoms with Crippen molar-refractivity contribution in [2.45, 2.75) is 110 Å². The summed E-state index contributed by atoms with van der Waals surface area (Å²) in [5.74, 6) is 0. The lowest BCUT2D eigenvalue weighted by Gasteiger charge is -2.44. The van der Waals surface area contributed by atoms with Crippen LogP contribution in [0.1, 0.15) is 109 Å². The highest BCUT2D eigenvalue weighted by molar-refractivity contribution is 7.26. The van der Waals surface area contributed by atoms with Gasteiger partial charge in [-0.2, -0.15) is 0 Å². The molecule has 10 aromatic rings. The van der Waals surface area contributed by atoms with Crippen molar-refractivity contribution >= 4 is 100 Å². The zero-order chi connectivity index (χ0) is 48.1. The van der Waals surface area contributed by atoms with Crippen LogP contribution in [0.4, 0.5) is 28.4 Å². The van der Waals surface area contributed by atoms with Crippen LogP contribution in [0.15, 0.2) is 150 Å². The van der Waals surface area contributed by atoms with E-state index >= 15 is 0 Å². The van der Waals surface area contributed by atoms with Crippen molar-refractivity contribution in [3.8, 4) is 22.3 Å². The number of aryl methyl sites for hydroxylation is 1. The van der Waals surface area contributed by atoms with Crippen molar-refractivity contribution in [2.75, 3.05) is 10.2 Å². The normalized spacial score (nSPS) is 17.2. The highest BCUT2D eigenvalue weighted by atomic mass is 32.1. The molecule has 1 N–H and O–H groups in total. The molecule has 0 saturated heterocycles. The molecule has 2 aromatic heterocycles. The molecule has 0 atom stereocenters. The van der Waals surface area contributed by atoms with Gasteiger partial charge < -0.3 is 14.6 Å². The lowest BCUT2D eigenvalue weighted by molar-refractivity contribution is 0.332. The summed E-state index contributed by atoms with van der Waals surface area (Å²) in [6, 6.07) is 54.8. The van der Waals surface area contributed by atoms with E-state index in [2.05, 4.69) is 225 Å². The number of hydrogen-bond acceptors (Lipinski definition) is 4. The van der Waals surface area contributed by atoms with Crippen LogP contribution in [0.2, 0.25) is 0 Å². The fourth-order valence-electron chi connectivity index (χ4n) is 12.6. The fourth-order valence-corrected chi connectivity index (χ4v) is 13.8. The molecule has 3 aliphatic rings. The largest absolute Gasteiger partial charge is 0.455 e. The summed E-state index contributed by atoms with van der Waals surface area (Å²) in [6.07, 6.45) is 4.67. The first-order chi connectivity index (χ1) is 33.6. The minimum atomic E-state index is 0.0323. The van der Waals surface area contributed by atoms with E-state index in [1.54, 1.807) is 0 Å². The van der Waals surface area contributed by atoms with E-state index in [0.29, 0.717) is 0 Å². The van der Waals surface area contributed by atoms with Gasteiger partial charge in [0.2, 0.25) is 0 Å². The Labute approximate surface area is 417 Å². The summed E-state index contributed by atoms with van der Waals surface area (Å²) >= 11 is 1.90. The smallest absolute Gasteiger partial charge is 0.197 e. The maximum Gasteiger partial charge on any atom is 0.197 e. The van der Waals surface area contributed by atoms with Crippen LogP contribution in [-0.4, -0.2) is 7.28 Å². The lowest BCUT2D eigenvalue weighted by Crippen LogP contribution is -2.41. The Kier molecular flexibility index (Phi) is 9.45. The van der Waals surface area contributed by atoms with Gasteiger partial charge in [0.05, 0.1) is 5.69 Å². The topological polar surface area (TPSA) is 28.4 Å². The maximum atomic E-state index is 7.19.